The van der Waals surface area contributed by atoms with Crippen LogP contribution < -0.4 is 4.74 Å². The van der Waals surface area contributed by atoms with E-state index in [9.17, 15) is 14.9 Å². The molecule has 7 nitrogen and oxygen atoms in total. The zero-order valence-corrected chi connectivity index (χ0v) is 17.5. The SMILES string of the molecule is Cc1nn(C(C)(C)C)c(OC(=O)C(C)(C)C)c1Sc1ccccc1[N+](=O)[O-]. The molecule has 27 heavy (non-hydrogen) atoms. The van der Waals surface area contributed by atoms with Crippen molar-refractivity contribution in [3.8, 4) is 5.88 Å². The highest BCUT2D eigenvalue weighted by Crippen LogP contribution is 2.43. The van der Waals surface area contributed by atoms with Gasteiger partial charge >= 0.3 is 5.97 Å². The summed E-state index contributed by atoms with van der Waals surface area (Å²) in [5, 5.41) is 15.9. The van der Waals surface area contributed by atoms with Crippen molar-refractivity contribution in [1.29, 1.82) is 0 Å². The molecule has 0 spiro atoms. The third-order valence-corrected chi connectivity index (χ3v) is 4.92. The van der Waals surface area contributed by atoms with E-state index in [1.54, 1.807) is 50.6 Å². The van der Waals surface area contributed by atoms with Gasteiger partial charge in [-0.25, -0.2) is 4.68 Å². The summed E-state index contributed by atoms with van der Waals surface area (Å²) in [6.45, 7) is 13.0. The molecule has 0 aliphatic carbocycles. The van der Waals surface area contributed by atoms with Crippen LogP contribution in [0.25, 0.3) is 0 Å². The quantitative estimate of drug-likeness (QED) is 0.416. The van der Waals surface area contributed by atoms with Crippen LogP contribution in [0.15, 0.2) is 34.1 Å². The van der Waals surface area contributed by atoms with Crippen LogP contribution in [0, 0.1) is 22.5 Å². The number of aromatic nitrogens is 2. The summed E-state index contributed by atoms with van der Waals surface area (Å²) < 4.78 is 7.39. The molecule has 8 heteroatoms. The van der Waals surface area contributed by atoms with Crippen LogP contribution in [0.2, 0.25) is 0 Å². The summed E-state index contributed by atoms with van der Waals surface area (Å²) in [5.74, 6) is -0.0830. The molecule has 0 N–H and O–H groups in total. The predicted octanol–water partition coefficient (Wildman–Crippen LogP) is 4.96. The maximum atomic E-state index is 12.5. The van der Waals surface area contributed by atoms with E-state index in [2.05, 4.69) is 5.10 Å². The minimum Gasteiger partial charge on any atom is -0.406 e. The lowest BCUT2D eigenvalue weighted by atomic mass is 9.97. The van der Waals surface area contributed by atoms with E-state index < -0.39 is 21.8 Å². The van der Waals surface area contributed by atoms with E-state index in [0.717, 1.165) is 0 Å². The van der Waals surface area contributed by atoms with Gasteiger partial charge in [-0.1, -0.05) is 23.9 Å². The topological polar surface area (TPSA) is 87.3 Å². The van der Waals surface area contributed by atoms with Crippen molar-refractivity contribution in [2.45, 2.75) is 63.8 Å². The molecule has 0 atom stereocenters. The highest BCUT2D eigenvalue weighted by Gasteiger charge is 2.32. The van der Waals surface area contributed by atoms with E-state index in [1.807, 2.05) is 20.8 Å². The van der Waals surface area contributed by atoms with Crippen molar-refractivity contribution in [1.82, 2.24) is 9.78 Å². The summed E-state index contributed by atoms with van der Waals surface area (Å²) in [7, 11) is 0. The van der Waals surface area contributed by atoms with E-state index in [0.29, 0.717) is 21.4 Å². The van der Waals surface area contributed by atoms with Crippen LogP contribution in [0.5, 0.6) is 5.88 Å². The Morgan fingerprint density at radius 2 is 1.78 bits per heavy atom. The Kier molecular flexibility index (Phi) is 5.70. The van der Waals surface area contributed by atoms with Gasteiger partial charge in [-0.15, -0.1) is 0 Å². The van der Waals surface area contributed by atoms with Crippen molar-refractivity contribution < 1.29 is 14.5 Å². The fraction of sp³-hybridized carbons (Fsp3) is 0.474. The Morgan fingerprint density at radius 1 is 1.19 bits per heavy atom. The third kappa shape index (κ3) is 4.68. The number of para-hydroxylation sites is 1. The molecule has 1 aromatic heterocycles. The molecule has 0 saturated carbocycles. The smallest absolute Gasteiger partial charge is 0.317 e. The molecule has 0 radical (unpaired) electrons. The van der Waals surface area contributed by atoms with Crippen LogP contribution in [-0.4, -0.2) is 20.7 Å². The van der Waals surface area contributed by atoms with E-state index >= 15 is 0 Å². The van der Waals surface area contributed by atoms with Crippen molar-refractivity contribution in [2.24, 2.45) is 5.41 Å². The van der Waals surface area contributed by atoms with Gasteiger partial charge in [0.15, 0.2) is 0 Å². The molecule has 1 heterocycles. The van der Waals surface area contributed by atoms with E-state index in [4.69, 9.17) is 4.74 Å². The van der Waals surface area contributed by atoms with Gasteiger partial charge in [-0.05, 0) is 54.5 Å². The zero-order valence-electron chi connectivity index (χ0n) is 16.7. The number of nitro groups is 1. The Bertz CT molecular complexity index is 876. The Balaban J connectivity index is 2.58. The normalized spacial score (nSPS) is 12.1. The minimum atomic E-state index is -0.693. The third-order valence-electron chi connectivity index (χ3n) is 3.68. The highest BCUT2D eigenvalue weighted by molar-refractivity contribution is 7.99. The molecule has 0 amide bonds. The molecule has 0 saturated heterocycles. The van der Waals surface area contributed by atoms with Gasteiger partial charge in [0.05, 0.1) is 31.4 Å². The summed E-state index contributed by atoms with van der Waals surface area (Å²) >= 11 is 1.18. The molecule has 2 rings (SSSR count). The van der Waals surface area contributed by atoms with Crippen LogP contribution in [-0.2, 0) is 10.3 Å². The van der Waals surface area contributed by atoms with Gasteiger partial charge in [0.2, 0.25) is 5.88 Å². The lowest BCUT2D eigenvalue weighted by molar-refractivity contribution is -0.387. The largest absolute Gasteiger partial charge is 0.406 e. The van der Waals surface area contributed by atoms with Crippen LogP contribution in [0.4, 0.5) is 5.69 Å². The average molecular weight is 391 g/mol. The molecular formula is C19H25N3O4S. The molecule has 1 aromatic carbocycles. The van der Waals surface area contributed by atoms with Gasteiger partial charge in [0.25, 0.3) is 5.69 Å². The number of nitro benzene ring substituents is 1. The number of benzene rings is 1. The number of esters is 1. The molecule has 146 valence electrons. The van der Waals surface area contributed by atoms with Crippen molar-refractivity contribution in [3.63, 3.8) is 0 Å². The molecule has 0 aliphatic rings. The van der Waals surface area contributed by atoms with E-state index in [-0.39, 0.29) is 5.69 Å². The first-order chi connectivity index (χ1) is 12.3. The number of rotatable bonds is 4. The molecule has 0 bridgehead atoms. The number of nitrogens with zero attached hydrogens (tertiary/aromatic N) is 3. The van der Waals surface area contributed by atoms with Crippen LogP contribution in [0.3, 0.4) is 0 Å². The fourth-order valence-corrected chi connectivity index (χ4v) is 3.22. The second-order valence-electron chi connectivity index (χ2n) is 8.27. The number of carbonyl (C=O) groups excluding carboxylic acids is 1. The first kappa shape index (κ1) is 21.0. The predicted molar refractivity (Wildman–Crippen MR) is 104 cm³/mol. The molecule has 0 unspecified atom stereocenters. The summed E-state index contributed by atoms with van der Waals surface area (Å²) in [6, 6.07) is 6.48. The Hall–Kier alpha value is -2.35. The number of hydrogen-bond acceptors (Lipinski definition) is 6. The fourth-order valence-electron chi connectivity index (χ4n) is 2.20. The molecular weight excluding hydrogens is 366 g/mol. The number of carbonyl (C=O) groups is 1. The Morgan fingerprint density at radius 3 is 2.30 bits per heavy atom. The number of ether oxygens (including phenoxy) is 1. The standard InChI is InChI=1S/C19H25N3O4S/c1-12-15(27-14-11-9-8-10-13(14)22(24)25)16(21(20-12)19(5,6)7)26-17(23)18(2,3)4/h8-11H,1-7H3. The summed E-state index contributed by atoms with van der Waals surface area (Å²) in [5.41, 5.74) is -0.482. The first-order valence-electron chi connectivity index (χ1n) is 8.56. The van der Waals surface area contributed by atoms with Crippen molar-refractivity contribution >= 4 is 23.4 Å². The van der Waals surface area contributed by atoms with Gasteiger partial charge < -0.3 is 4.74 Å². The molecule has 0 fully saturated rings. The second-order valence-corrected chi connectivity index (χ2v) is 9.32. The molecule has 0 aliphatic heterocycles. The lowest BCUT2D eigenvalue weighted by Gasteiger charge is -2.24. The van der Waals surface area contributed by atoms with Crippen LogP contribution >= 0.6 is 11.8 Å². The van der Waals surface area contributed by atoms with Gasteiger partial charge in [-0.2, -0.15) is 5.10 Å². The van der Waals surface area contributed by atoms with Gasteiger partial charge in [-0.3, -0.25) is 14.9 Å². The average Bonchev–Trinajstić information content (AvgIpc) is 2.83. The lowest BCUT2D eigenvalue weighted by Crippen LogP contribution is -2.30. The zero-order chi connectivity index (χ0) is 20.6. The maximum absolute atomic E-state index is 12.5. The van der Waals surface area contributed by atoms with Crippen LogP contribution in [0.1, 0.15) is 47.2 Å². The Labute approximate surface area is 163 Å². The van der Waals surface area contributed by atoms with Crippen molar-refractivity contribution in [3.05, 3.63) is 40.1 Å². The second kappa shape index (κ2) is 7.34. The monoisotopic (exact) mass is 391 g/mol. The number of aryl methyl sites for hydroxylation is 1. The minimum absolute atomic E-state index is 0.00138. The highest BCUT2D eigenvalue weighted by atomic mass is 32.2. The first-order valence-corrected chi connectivity index (χ1v) is 9.37. The van der Waals surface area contributed by atoms with Crippen molar-refractivity contribution in [2.75, 3.05) is 0 Å². The molecule has 2 aromatic rings. The summed E-state index contributed by atoms with van der Waals surface area (Å²) in [6.07, 6.45) is 0. The van der Waals surface area contributed by atoms with Gasteiger partial charge in [0, 0.05) is 6.07 Å². The number of hydrogen-bond donors (Lipinski definition) is 0. The van der Waals surface area contributed by atoms with E-state index in [1.165, 1.54) is 17.8 Å². The van der Waals surface area contributed by atoms with Gasteiger partial charge in [0.1, 0.15) is 0 Å². The maximum Gasteiger partial charge on any atom is 0.317 e. The summed E-state index contributed by atoms with van der Waals surface area (Å²) in [4.78, 5) is 24.5.